The summed E-state index contributed by atoms with van der Waals surface area (Å²) in [5.74, 6) is 0.719. The van der Waals surface area contributed by atoms with Crippen molar-refractivity contribution in [1.29, 1.82) is 0 Å². The van der Waals surface area contributed by atoms with Crippen LogP contribution in [0.3, 0.4) is 0 Å². The van der Waals surface area contributed by atoms with E-state index in [-0.39, 0.29) is 18.3 Å². The third kappa shape index (κ3) is 5.48. The normalized spacial score (nSPS) is 14.8. The molecule has 1 amide bonds. The molecule has 0 heterocycles. The van der Waals surface area contributed by atoms with Crippen molar-refractivity contribution in [2.45, 2.75) is 44.4 Å². The number of rotatable bonds is 7. The first kappa shape index (κ1) is 19.3. The zero-order valence-corrected chi connectivity index (χ0v) is 15.0. The number of carbonyl (C=O) groups is 1. The number of amides is 1. The minimum Gasteiger partial charge on any atom is -0.490 e. The third-order valence-corrected chi connectivity index (χ3v) is 4.41. The Bertz CT molecular complexity index is 674. The first-order chi connectivity index (χ1) is 11.7. The van der Waals surface area contributed by atoms with Gasteiger partial charge in [-0.2, -0.15) is 0 Å². The topological polar surface area (TPSA) is 64.4 Å². The number of nitrogens with one attached hydrogen (secondary N) is 1. The Morgan fingerprint density at radius 3 is 2.48 bits per heavy atom. The van der Waals surface area contributed by atoms with Gasteiger partial charge in [0.25, 0.3) is 0 Å². The lowest BCUT2D eigenvalue weighted by molar-refractivity contribution is -0.122. The molecule has 4 nitrogen and oxygen atoms in total. The van der Waals surface area contributed by atoms with E-state index in [4.69, 9.17) is 10.5 Å². The molecule has 2 aromatic rings. The summed E-state index contributed by atoms with van der Waals surface area (Å²) >= 11 is 0. The van der Waals surface area contributed by atoms with E-state index in [1.54, 1.807) is 0 Å². The molecule has 1 aliphatic rings. The second-order valence-corrected chi connectivity index (χ2v) is 6.29. The molecule has 25 heavy (non-hydrogen) atoms. The maximum atomic E-state index is 12.2. The van der Waals surface area contributed by atoms with E-state index in [1.165, 1.54) is 6.42 Å². The molecule has 2 aromatic carbocycles. The highest BCUT2D eigenvalue weighted by atomic mass is 35.5. The highest BCUT2D eigenvalue weighted by Gasteiger charge is 2.20. The molecule has 0 aliphatic heterocycles. The molecule has 1 fully saturated rings. The van der Waals surface area contributed by atoms with Crippen LogP contribution in [0, 0.1) is 0 Å². The molecule has 0 saturated heterocycles. The largest absolute Gasteiger partial charge is 0.490 e. The van der Waals surface area contributed by atoms with Crippen LogP contribution < -0.4 is 15.8 Å². The summed E-state index contributed by atoms with van der Waals surface area (Å²) in [5.41, 5.74) is 8.07. The van der Waals surface area contributed by atoms with E-state index < -0.39 is 6.04 Å². The van der Waals surface area contributed by atoms with E-state index in [2.05, 4.69) is 5.32 Å². The van der Waals surface area contributed by atoms with Crippen molar-refractivity contribution in [3.8, 4) is 5.75 Å². The number of carbonyl (C=O) groups excluding carboxylic acids is 1. The molecule has 3 rings (SSSR count). The fraction of sp³-hybridized carbons (Fsp3) is 0.350. The molecule has 0 unspecified atom stereocenters. The lowest BCUT2D eigenvalue weighted by Gasteiger charge is -2.27. The Morgan fingerprint density at radius 2 is 1.80 bits per heavy atom. The van der Waals surface area contributed by atoms with Gasteiger partial charge in [0.2, 0.25) is 5.91 Å². The fourth-order valence-electron chi connectivity index (χ4n) is 2.71. The van der Waals surface area contributed by atoms with Gasteiger partial charge in [0.15, 0.2) is 0 Å². The van der Waals surface area contributed by atoms with Gasteiger partial charge < -0.3 is 15.8 Å². The lowest BCUT2D eigenvalue weighted by Crippen LogP contribution is -2.41. The molecule has 0 aromatic heterocycles. The lowest BCUT2D eigenvalue weighted by atomic mass is 9.96. The molecule has 1 saturated carbocycles. The second-order valence-electron chi connectivity index (χ2n) is 6.29. The quantitative estimate of drug-likeness (QED) is 0.796. The first-order valence-corrected chi connectivity index (χ1v) is 8.54. The first-order valence-electron chi connectivity index (χ1n) is 8.54. The van der Waals surface area contributed by atoms with E-state index in [1.807, 2.05) is 54.6 Å². The molecule has 3 N–H and O–H groups in total. The zero-order chi connectivity index (χ0) is 16.8. The summed E-state index contributed by atoms with van der Waals surface area (Å²) in [5, 5.41) is 2.92. The van der Waals surface area contributed by atoms with Gasteiger partial charge in [-0.3, -0.25) is 4.79 Å². The predicted molar refractivity (Wildman–Crippen MR) is 102 cm³/mol. The summed E-state index contributed by atoms with van der Waals surface area (Å²) in [6.07, 6.45) is 4.32. The fourth-order valence-corrected chi connectivity index (χ4v) is 2.71. The smallest absolute Gasteiger partial charge is 0.237 e. The second kappa shape index (κ2) is 9.44. The number of halogens is 1. The minimum atomic E-state index is -0.549. The van der Waals surface area contributed by atoms with Gasteiger partial charge in [0, 0.05) is 12.1 Å². The molecule has 0 spiro atoms. The van der Waals surface area contributed by atoms with Gasteiger partial charge in [-0.1, -0.05) is 48.5 Å². The number of hydrogen-bond donors (Lipinski definition) is 2. The van der Waals surface area contributed by atoms with Crippen LogP contribution in [0.1, 0.15) is 30.4 Å². The van der Waals surface area contributed by atoms with Crippen molar-refractivity contribution in [3.63, 3.8) is 0 Å². The Balaban J connectivity index is 0.00000225. The van der Waals surface area contributed by atoms with Gasteiger partial charge >= 0.3 is 0 Å². The Kier molecular flexibility index (Phi) is 7.29. The van der Waals surface area contributed by atoms with E-state index >= 15 is 0 Å². The Hall–Kier alpha value is -2.04. The van der Waals surface area contributed by atoms with Crippen molar-refractivity contribution in [3.05, 3.63) is 65.7 Å². The van der Waals surface area contributed by atoms with Crippen LogP contribution in [0.4, 0.5) is 0 Å². The van der Waals surface area contributed by atoms with Crippen LogP contribution in [0.15, 0.2) is 54.6 Å². The van der Waals surface area contributed by atoms with E-state index in [0.717, 1.165) is 29.7 Å². The molecular weight excluding hydrogens is 336 g/mol. The zero-order valence-electron chi connectivity index (χ0n) is 14.2. The van der Waals surface area contributed by atoms with Crippen LogP contribution in [-0.2, 0) is 17.8 Å². The Morgan fingerprint density at radius 1 is 1.12 bits per heavy atom. The molecule has 0 radical (unpaired) electrons. The average Bonchev–Trinajstić information content (AvgIpc) is 2.57. The standard InChI is InChI=1S/C20H24N2O2.ClH/c21-18(13-15-7-2-1-3-8-15)20(23)22-14-16-9-4-5-12-19(16)24-17-10-6-11-17;/h1-5,7-9,12,17-18H,6,10-11,13-14,21H2,(H,22,23);1H/t18-;/m0./s1. The van der Waals surface area contributed by atoms with Crippen LogP contribution in [0.25, 0.3) is 0 Å². The van der Waals surface area contributed by atoms with Gasteiger partial charge in [0.05, 0.1) is 12.1 Å². The van der Waals surface area contributed by atoms with Gasteiger partial charge in [0.1, 0.15) is 5.75 Å². The Labute approximate surface area is 155 Å². The number of hydrogen-bond acceptors (Lipinski definition) is 3. The average molecular weight is 361 g/mol. The van der Waals surface area contributed by atoms with Crippen molar-refractivity contribution < 1.29 is 9.53 Å². The van der Waals surface area contributed by atoms with Gasteiger partial charge in [-0.05, 0) is 37.3 Å². The molecule has 1 atom stereocenters. The highest BCUT2D eigenvalue weighted by Crippen LogP contribution is 2.27. The number of benzene rings is 2. The number of ether oxygens (including phenoxy) is 1. The van der Waals surface area contributed by atoms with Crippen LogP contribution in [0.2, 0.25) is 0 Å². The van der Waals surface area contributed by atoms with Gasteiger partial charge in [-0.25, -0.2) is 0 Å². The molecule has 1 aliphatic carbocycles. The summed E-state index contributed by atoms with van der Waals surface area (Å²) in [6.45, 7) is 0.435. The summed E-state index contributed by atoms with van der Waals surface area (Å²) in [7, 11) is 0. The maximum absolute atomic E-state index is 12.2. The number of nitrogens with two attached hydrogens (primary N) is 1. The summed E-state index contributed by atoms with van der Waals surface area (Å²) in [4.78, 5) is 12.2. The predicted octanol–water partition coefficient (Wildman–Crippen LogP) is 3.23. The monoisotopic (exact) mass is 360 g/mol. The maximum Gasteiger partial charge on any atom is 0.237 e. The third-order valence-electron chi connectivity index (χ3n) is 4.41. The van der Waals surface area contributed by atoms with E-state index in [9.17, 15) is 4.79 Å². The molecule has 5 heteroatoms. The van der Waals surface area contributed by atoms with Crippen molar-refractivity contribution >= 4 is 18.3 Å². The van der Waals surface area contributed by atoms with Crippen molar-refractivity contribution in [2.24, 2.45) is 5.73 Å². The highest BCUT2D eigenvalue weighted by molar-refractivity contribution is 5.85. The minimum absolute atomic E-state index is 0. The van der Waals surface area contributed by atoms with Crippen LogP contribution in [0.5, 0.6) is 5.75 Å². The van der Waals surface area contributed by atoms with Crippen LogP contribution in [-0.4, -0.2) is 18.1 Å². The number of para-hydroxylation sites is 1. The van der Waals surface area contributed by atoms with Gasteiger partial charge in [-0.15, -0.1) is 12.4 Å². The molecule has 0 bridgehead atoms. The van der Waals surface area contributed by atoms with Crippen molar-refractivity contribution in [2.75, 3.05) is 0 Å². The van der Waals surface area contributed by atoms with Crippen LogP contribution >= 0.6 is 12.4 Å². The summed E-state index contributed by atoms with van der Waals surface area (Å²) < 4.78 is 5.99. The molecule has 134 valence electrons. The molecular formula is C20H25ClN2O2. The van der Waals surface area contributed by atoms with Crippen molar-refractivity contribution in [1.82, 2.24) is 5.32 Å². The summed E-state index contributed by atoms with van der Waals surface area (Å²) in [6, 6.07) is 17.1. The SMILES string of the molecule is Cl.N[C@@H](Cc1ccccc1)C(=O)NCc1ccccc1OC1CCC1. The van der Waals surface area contributed by atoms with E-state index in [0.29, 0.717) is 19.1 Å².